The summed E-state index contributed by atoms with van der Waals surface area (Å²) in [5.41, 5.74) is 5.43. The van der Waals surface area contributed by atoms with Crippen LogP contribution >= 0.6 is 11.6 Å². The summed E-state index contributed by atoms with van der Waals surface area (Å²) in [5, 5.41) is 11.4. The van der Waals surface area contributed by atoms with Crippen LogP contribution in [0.2, 0.25) is 5.02 Å². The van der Waals surface area contributed by atoms with Crippen molar-refractivity contribution in [2.24, 2.45) is 5.92 Å². The average Bonchev–Trinajstić information content (AvgIpc) is 3.51. The van der Waals surface area contributed by atoms with Crippen LogP contribution in [0.3, 0.4) is 0 Å². The maximum atomic E-state index is 8.36. The van der Waals surface area contributed by atoms with Gasteiger partial charge in [-0.1, -0.05) is 31.0 Å². The Morgan fingerprint density at radius 1 is 1.20 bits per heavy atom. The van der Waals surface area contributed by atoms with Crippen LogP contribution in [0, 0.1) is 5.92 Å². The molecule has 5 heteroatoms. The van der Waals surface area contributed by atoms with E-state index in [0.29, 0.717) is 11.5 Å². The van der Waals surface area contributed by atoms with Crippen LogP contribution < -0.4 is 10.2 Å². The lowest BCUT2D eigenvalue weighted by Crippen LogP contribution is -2.34. The number of nitrogens with one attached hydrogen (secondary N) is 1. The van der Waals surface area contributed by atoms with Crippen molar-refractivity contribution in [3.63, 3.8) is 0 Å². The molecule has 2 saturated carbocycles. The fourth-order valence-electron chi connectivity index (χ4n) is 4.11. The van der Waals surface area contributed by atoms with Crippen molar-refractivity contribution in [3.8, 4) is 0 Å². The normalized spacial score (nSPS) is 16.8. The van der Waals surface area contributed by atoms with E-state index in [9.17, 15) is 0 Å². The fraction of sp³-hybridized carbons (Fsp3) is 0.480. The molecule has 30 heavy (non-hydrogen) atoms. The lowest BCUT2D eigenvalue weighted by Gasteiger charge is -2.40. The summed E-state index contributed by atoms with van der Waals surface area (Å²) < 4.78 is 0. The predicted molar refractivity (Wildman–Crippen MR) is 126 cm³/mol. The molecule has 2 aromatic rings. The molecule has 0 atom stereocenters. The van der Waals surface area contributed by atoms with Gasteiger partial charge >= 0.3 is 0 Å². The van der Waals surface area contributed by atoms with Crippen molar-refractivity contribution in [1.29, 1.82) is 0 Å². The molecular formula is C25H33ClN2O2. The van der Waals surface area contributed by atoms with Gasteiger partial charge in [0.05, 0.1) is 11.4 Å². The van der Waals surface area contributed by atoms with Gasteiger partial charge in [-0.15, -0.1) is 0 Å². The van der Waals surface area contributed by atoms with Crippen molar-refractivity contribution in [1.82, 2.24) is 0 Å². The Morgan fingerprint density at radius 3 is 2.33 bits per heavy atom. The molecule has 4 rings (SSSR count). The van der Waals surface area contributed by atoms with Gasteiger partial charge in [0.1, 0.15) is 0 Å². The first-order valence-corrected chi connectivity index (χ1v) is 11.3. The molecular weight excluding hydrogens is 396 g/mol. The van der Waals surface area contributed by atoms with Crippen molar-refractivity contribution in [2.45, 2.75) is 64.3 Å². The van der Waals surface area contributed by atoms with Gasteiger partial charge in [-0.2, -0.15) is 0 Å². The molecule has 2 aliphatic rings. The zero-order chi connectivity index (χ0) is 21.7. The van der Waals surface area contributed by atoms with Crippen LogP contribution in [0.15, 0.2) is 42.5 Å². The van der Waals surface area contributed by atoms with E-state index in [4.69, 9.17) is 21.5 Å². The third-order valence-electron chi connectivity index (χ3n) is 6.36. The first-order chi connectivity index (χ1) is 14.4. The molecule has 0 saturated heterocycles. The minimum absolute atomic E-state index is 0.250. The SMILES string of the molecule is CC(C)N(CC1CC1)c1ccc(C2(C)CCC2)cc1Nc1ccc(Cl)cc1.O=CO. The summed E-state index contributed by atoms with van der Waals surface area (Å²) in [6.07, 6.45) is 6.68. The third-order valence-corrected chi connectivity index (χ3v) is 6.61. The summed E-state index contributed by atoms with van der Waals surface area (Å²) in [6, 6.07) is 15.6. The van der Waals surface area contributed by atoms with E-state index in [1.54, 1.807) is 0 Å². The van der Waals surface area contributed by atoms with Gasteiger partial charge in [-0.05, 0) is 92.8 Å². The number of hydrogen-bond donors (Lipinski definition) is 2. The molecule has 2 N–H and O–H groups in total. The highest BCUT2D eigenvalue weighted by atomic mass is 35.5. The molecule has 2 aromatic carbocycles. The molecule has 0 amide bonds. The van der Waals surface area contributed by atoms with Gasteiger partial charge in [0.15, 0.2) is 0 Å². The average molecular weight is 429 g/mol. The summed E-state index contributed by atoms with van der Waals surface area (Å²) >= 11 is 6.08. The van der Waals surface area contributed by atoms with E-state index in [0.717, 1.165) is 23.2 Å². The number of carboxylic acid groups (broad SMARTS) is 1. The van der Waals surface area contributed by atoms with Crippen LogP contribution in [0.4, 0.5) is 17.1 Å². The Labute approximate surface area is 185 Å². The second kappa shape index (κ2) is 9.74. The first kappa shape index (κ1) is 22.5. The molecule has 0 spiro atoms. The molecule has 0 unspecified atom stereocenters. The van der Waals surface area contributed by atoms with Gasteiger partial charge in [0, 0.05) is 23.3 Å². The largest absolute Gasteiger partial charge is 0.483 e. The van der Waals surface area contributed by atoms with E-state index in [1.165, 1.54) is 49.0 Å². The summed E-state index contributed by atoms with van der Waals surface area (Å²) in [6.45, 7) is 7.91. The van der Waals surface area contributed by atoms with E-state index < -0.39 is 0 Å². The van der Waals surface area contributed by atoms with E-state index >= 15 is 0 Å². The monoisotopic (exact) mass is 428 g/mol. The Morgan fingerprint density at radius 2 is 1.83 bits per heavy atom. The lowest BCUT2D eigenvalue weighted by atomic mass is 9.66. The van der Waals surface area contributed by atoms with Crippen LogP contribution in [0.5, 0.6) is 0 Å². The quantitative estimate of drug-likeness (QED) is 0.473. The van der Waals surface area contributed by atoms with Crippen molar-refractivity contribution in [2.75, 3.05) is 16.8 Å². The Bertz CT molecular complexity index is 843. The molecule has 0 radical (unpaired) electrons. The number of hydrogen-bond acceptors (Lipinski definition) is 3. The molecule has 0 aromatic heterocycles. The number of benzene rings is 2. The smallest absolute Gasteiger partial charge is 0.290 e. The Kier molecular flexibility index (Phi) is 7.30. The molecule has 4 nitrogen and oxygen atoms in total. The molecule has 2 aliphatic carbocycles. The molecule has 0 heterocycles. The topological polar surface area (TPSA) is 52.6 Å². The summed E-state index contributed by atoms with van der Waals surface area (Å²) in [5.74, 6) is 0.861. The van der Waals surface area contributed by atoms with Crippen LogP contribution in [-0.2, 0) is 10.2 Å². The van der Waals surface area contributed by atoms with E-state index in [1.807, 2.05) is 12.1 Å². The Hall–Kier alpha value is -2.20. The van der Waals surface area contributed by atoms with Crippen LogP contribution in [0.1, 0.15) is 58.4 Å². The Balaban J connectivity index is 0.000000806. The number of carbonyl (C=O) groups is 1. The van der Waals surface area contributed by atoms with Crippen molar-refractivity contribution >= 4 is 35.1 Å². The van der Waals surface area contributed by atoms with Gasteiger partial charge in [0.2, 0.25) is 0 Å². The summed E-state index contributed by atoms with van der Waals surface area (Å²) in [4.78, 5) is 10.9. The molecule has 0 bridgehead atoms. The zero-order valence-electron chi connectivity index (χ0n) is 18.2. The second-order valence-corrected chi connectivity index (χ2v) is 9.51. The van der Waals surface area contributed by atoms with Gasteiger partial charge in [-0.25, -0.2) is 0 Å². The van der Waals surface area contributed by atoms with E-state index in [2.05, 4.69) is 61.3 Å². The molecule has 2 fully saturated rings. The highest BCUT2D eigenvalue weighted by molar-refractivity contribution is 6.30. The van der Waals surface area contributed by atoms with E-state index in [-0.39, 0.29) is 6.47 Å². The maximum absolute atomic E-state index is 8.36. The lowest BCUT2D eigenvalue weighted by molar-refractivity contribution is -0.122. The fourth-order valence-corrected chi connectivity index (χ4v) is 4.24. The van der Waals surface area contributed by atoms with Crippen LogP contribution in [0.25, 0.3) is 0 Å². The first-order valence-electron chi connectivity index (χ1n) is 10.9. The number of anilines is 3. The van der Waals surface area contributed by atoms with Gasteiger partial charge in [-0.3, -0.25) is 4.79 Å². The van der Waals surface area contributed by atoms with Crippen molar-refractivity contribution < 1.29 is 9.90 Å². The van der Waals surface area contributed by atoms with Gasteiger partial charge < -0.3 is 15.3 Å². The number of nitrogens with zero attached hydrogens (tertiary/aromatic N) is 1. The minimum atomic E-state index is -0.250. The number of halogens is 1. The second-order valence-electron chi connectivity index (χ2n) is 9.07. The molecule has 0 aliphatic heterocycles. The highest BCUT2D eigenvalue weighted by Gasteiger charge is 2.34. The third kappa shape index (κ3) is 5.48. The highest BCUT2D eigenvalue weighted by Crippen LogP contribution is 2.46. The summed E-state index contributed by atoms with van der Waals surface area (Å²) in [7, 11) is 0. The molecule has 162 valence electrons. The standard InChI is InChI=1S/C24H31ClN2.CH2O2/c1-17(2)27(16-18-5-6-18)23-12-7-19(24(3)13-4-14-24)15-22(23)26-21-10-8-20(25)9-11-21;2-1-3/h7-12,15,17-18,26H,4-6,13-14,16H2,1-3H3;1H,(H,2,3). The van der Waals surface area contributed by atoms with Crippen LogP contribution in [-0.4, -0.2) is 24.2 Å². The predicted octanol–water partition coefficient (Wildman–Crippen LogP) is 6.85. The minimum Gasteiger partial charge on any atom is -0.483 e. The maximum Gasteiger partial charge on any atom is 0.290 e. The van der Waals surface area contributed by atoms with Crippen molar-refractivity contribution in [3.05, 3.63) is 53.1 Å². The number of rotatable bonds is 7. The zero-order valence-corrected chi connectivity index (χ0v) is 19.0. The van der Waals surface area contributed by atoms with Gasteiger partial charge in [0.25, 0.3) is 6.47 Å².